The van der Waals surface area contributed by atoms with Crippen LogP contribution in [0.25, 0.3) is 0 Å². The maximum atomic E-state index is 9.84. The van der Waals surface area contributed by atoms with Crippen molar-refractivity contribution in [2.24, 2.45) is 0 Å². The first kappa shape index (κ1) is 24.7. The standard InChI is InChI=1S/C21H21N.F5P.FH/c1-16-4-10-19(11-5-16)22(20-12-6-17(2)7-13-20)21-14-8-18(3)9-15-21;1-6(2,3,4)5;/h4-15H,1-3H3;;1H. The summed E-state index contributed by atoms with van der Waals surface area (Å²) in [6, 6.07) is 26.3. The van der Waals surface area contributed by atoms with Gasteiger partial charge in [-0.2, -0.15) is 0 Å². The third kappa shape index (κ3) is 9.11. The van der Waals surface area contributed by atoms with Gasteiger partial charge in [0.05, 0.1) is 0 Å². The number of aryl methyl sites for hydroxylation is 3. The summed E-state index contributed by atoms with van der Waals surface area (Å²) in [5, 5.41) is 0. The Bertz CT molecular complexity index is 776. The number of hydrogen-bond donors (Lipinski definition) is 1. The third-order valence-electron chi connectivity index (χ3n) is 4.02. The minimum Gasteiger partial charge on any atom is -1.00 e. The van der Waals surface area contributed by atoms with Gasteiger partial charge in [0.25, 0.3) is 0 Å². The van der Waals surface area contributed by atoms with E-state index in [1.165, 1.54) is 38.7 Å². The molecule has 8 heteroatoms. The fourth-order valence-corrected chi connectivity index (χ4v) is 2.66. The van der Waals surface area contributed by atoms with E-state index >= 15 is 0 Å². The van der Waals surface area contributed by atoms with Crippen molar-refractivity contribution in [3.8, 4) is 0 Å². The van der Waals surface area contributed by atoms with Crippen molar-refractivity contribution in [2.45, 2.75) is 20.8 Å². The smallest absolute Gasteiger partial charge is 1.00 e. The second-order valence-corrected chi connectivity index (χ2v) is 7.89. The molecule has 3 rings (SSSR count). The van der Waals surface area contributed by atoms with E-state index in [2.05, 4.69) is 93.6 Å². The van der Waals surface area contributed by atoms with Crippen LogP contribution in [0.3, 0.4) is 0 Å². The number of quaternary nitrogens is 1. The van der Waals surface area contributed by atoms with Crippen LogP contribution in [0.1, 0.15) is 16.7 Å². The van der Waals surface area contributed by atoms with Gasteiger partial charge in [0.2, 0.25) is 0 Å². The Morgan fingerprint density at radius 2 is 0.655 bits per heavy atom. The minimum absolute atomic E-state index is 0. The van der Waals surface area contributed by atoms with Gasteiger partial charge in [-0.3, -0.25) is 0 Å². The van der Waals surface area contributed by atoms with Crippen molar-refractivity contribution in [3.63, 3.8) is 0 Å². The molecule has 29 heavy (non-hydrogen) atoms. The van der Waals surface area contributed by atoms with Crippen LogP contribution in [0.4, 0.5) is 38.0 Å². The fourth-order valence-electron chi connectivity index (χ4n) is 2.66. The fraction of sp³-hybridized carbons (Fsp3) is 0.143. The van der Waals surface area contributed by atoms with Crippen LogP contribution in [-0.2, 0) is 0 Å². The molecular weight excluding hydrogens is 411 g/mol. The molecule has 3 aromatic carbocycles. The second-order valence-electron chi connectivity index (χ2n) is 6.61. The zero-order valence-corrected chi connectivity index (χ0v) is 17.0. The molecule has 3 aromatic rings. The number of rotatable bonds is 3. The van der Waals surface area contributed by atoms with Gasteiger partial charge < -0.3 is 4.70 Å². The van der Waals surface area contributed by atoms with Gasteiger partial charge in [0.1, 0.15) is 17.1 Å². The topological polar surface area (TPSA) is 4.44 Å². The Labute approximate surface area is 166 Å². The number of nitrogens with one attached hydrogen (secondary N) is 1. The van der Waals surface area contributed by atoms with E-state index in [0.717, 1.165) is 0 Å². The first-order valence-corrected chi connectivity index (χ1v) is 10.2. The van der Waals surface area contributed by atoms with Gasteiger partial charge in [-0.25, -0.2) is 4.90 Å². The molecule has 0 radical (unpaired) electrons. The Hall–Kier alpha value is -2.37. The first-order chi connectivity index (χ1) is 12.9. The van der Waals surface area contributed by atoms with E-state index in [1.54, 1.807) is 0 Å². The molecule has 0 aliphatic rings. The minimum atomic E-state index is -8.55. The summed E-state index contributed by atoms with van der Waals surface area (Å²) >= 11 is 0. The Balaban J connectivity index is 0.000000529. The molecule has 0 heterocycles. The summed E-state index contributed by atoms with van der Waals surface area (Å²) in [6.45, 7) is 6.38. The molecule has 0 saturated heterocycles. The van der Waals surface area contributed by atoms with Crippen LogP contribution >= 0.6 is 8.16 Å². The molecule has 1 N–H and O–H groups in total. The van der Waals surface area contributed by atoms with Gasteiger partial charge in [-0.1, -0.05) is 53.1 Å². The Morgan fingerprint density at radius 3 is 0.828 bits per heavy atom. The predicted molar refractivity (Wildman–Crippen MR) is 106 cm³/mol. The summed E-state index contributed by atoms with van der Waals surface area (Å²) in [7, 11) is -8.55. The molecule has 0 unspecified atom stereocenters. The van der Waals surface area contributed by atoms with Crippen molar-refractivity contribution in [2.75, 3.05) is 0 Å². The van der Waals surface area contributed by atoms with Crippen molar-refractivity contribution >= 4 is 25.2 Å². The van der Waals surface area contributed by atoms with E-state index in [0.29, 0.717) is 0 Å². The molecular formula is C21H22F6NP. The van der Waals surface area contributed by atoms with E-state index in [-0.39, 0.29) is 4.70 Å². The molecule has 0 aromatic heterocycles. The summed E-state index contributed by atoms with van der Waals surface area (Å²) in [5.41, 5.74) is 7.65. The SMILES string of the molecule is Cc1ccc([NH+](c2ccc(C)cc2)c2ccc(C)cc2)cc1.FP(F)(F)(F)F.[F-]. The zero-order valence-electron chi connectivity index (χ0n) is 16.1. The largest absolute Gasteiger partial charge is 1.00 e. The van der Waals surface area contributed by atoms with Crippen molar-refractivity contribution in [1.29, 1.82) is 0 Å². The molecule has 0 aliphatic heterocycles. The van der Waals surface area contributed by atoms with Gasteiger partial charge >= 0.3 is 29.1 Å². The van der Waals surface area contributed by atoms with Crippen LogP contribution in [0.5, 0.6) is 0 Å². The van der Waals surface area contributed by atoms with Crippen LogP contribution in [0.15, 0.2) is 72.8 Å². The summed E-state index contributed by atoms with van der Waals surface area (Å²) in [5.74, 6) is 0. The maximum absolute atomic E-state index is 9.84. The zero-order chi connectivity index (χ0) is 21.0. The number of benzene rings is 3. The average molecular weight is 433 g/mol. The van der Waals surface area contributed by atoms with Crippen LogP contribution < -0.4 is 9.60 Å². The quantitative estimate of drug-likeness (QED) is 0.449. The summed E-state index contributed by atoms with van der Waals surface area (Å²) in [4.78, 5) is 1.29. The number of halogens is 6. The van der Waals surface area contributed by atoms with E-state index in [4.69, 9.17) is 0 Å². The van der Waals surface area contributed by atoms with E-state index < -0.39 is 8.16 Å². The van der Waals surface area contributed by atoms with Crippen molar-refractivity contribution in [1.82, 2.24) is 0 Å². The third-order valence-corrected chi connectivity index (χ3v) is 4.02. The molecule has 0 bridgehead atoms. The molecule has 0 atom stereocenters. The molecule has 0 saturated carbocycles. The van der Waals surface area contributed by atoms with E-state index in [9.17, 15) is 21.0 Å². The van der Waals surface area contributed by atoms with E-state index in [1.807, 2.05) is 0 Å². The molecule has 0 spiro atoms. The first-order valence-electron chi connectivity index (χ1n) is 8.56. The van der Waals surface area contributed by atoms with Gasteiger partial charge in [-0.15, -0.1) is 0 Å². The molecule has 0 fully saturated rings. The Kier molecular flexibility index (Phi) is 8.01. The second kappa shape index (κ2) is 9.42. The monoisotopic (exact) mass is 433 g/mol. The number of hydrogen-bond acceptors (Lipinski definition) is 0. The van der Waals surface area contributed by atoms with Crippen molar-refractivity contribution < 1.29 is 30.6 Å². The summed E-state index contributed by atoms with van der Waals surface area (Å²) < 4.78 is 49.2. The maximum Gasteiger partial charge on any atom is -1.00 e. The molecule has 1 nitrogen and oxygen atoms in total. The molecule has 158 valence electrons. The van der Waals surface area contributed by atoms with Crippen LogP contribution in [-0.4, -0.2) is 0 Å². The Morgan fingerprint density at radius 1 is 0.483 bits per heavy atom. The normalized spacial score (nSPS) is 12.2. The van der Waals surface area contributed by atoms with Crippen molar-refractivity contribution in [3.05, 3.63) is 89.5 Å². The van der Waals surface area contributed by atoms with Gasteiger partial charge in [0.15, 0.2) is 0 Å². The molecule has 0 aliphatic carbocycles. The molecule has 0 amide bonds. The predicted octanol–water partition coefficient (Wildman–Crippen LogP) is 4.76. The van der Waals surface area contributed by atoms with Crippen LogP contribution in [0.2, 0.25) is 0 Å². The van der Waals surface area contributed by atoms with Gasteiger partial charge in [-0.05, 0) is 20.8 Å². The van der Waals surface area contributed by atoms with Gasteiger partial charge in [0, 0.05) is 36.4 Å². The average Bonchev–Trinajstić information content (AvgIpc) is 2.58. The summed E-state index contributed by atoms with van der Waals surface area (Å²) in [6.07, 6.45) is 0. The van der Waals surface area contributed by atoms with Crippen LogP contribution in [0, 0.1) is 20.8 Å².